The molecule has 0 heterocycles. The number of benzene rings is 2. The first-order valence-corrected chi connectivity index (χ1v) is 12.4. The molecule has 5 nitrogen and oxygen atoms in total. The normalized spacial score (nSPS) is 11.8. The number of hydrogen-bond donors (Lipinski definition) is 1. The van der Waals surface area contributed by atoms with E-state index in [4.69, 9.17) is 27.9 Å². The van der Waals surface area contributed by atoms with Gasteiger partial charge in [0.15, 0.2) is 0 Å². The van der Waals surface area contributed by atoms with E-state index in [2.05, 4.69) is 5.32 Å². The number of nitrogens with one attached hydrogen (secondary N) is 1. The SMILES string of the molecule is CC[C@H](C(=O)NC(C)C)N(Cc1ccc(OC)cc1)C(=O)CSCc1c(Cl)cccc1Cl. The Hall–Kier alpha value is -1.89. The summed E-state index contributed by atoms with van der Waals surface area (Å²) in [4.78, 5) is 27.7. The summed E-state index contributed by atoms with van der Waals surface area (Å²) in [5.41, 5.74) is 1.73. The largest absolute Gasteiger partial charge is 0.497 e. The van der Waals surface area contributed by atoms with E-state index < -0.39 is 6.04 Å². The molecule has 0 aliphatic carbocycles. The monoisotopic (exact) mass is 496 g/mol. The molecule has 0 radical (unpaired) electrons. The molecule has 0 saturated carbocycles. The lowest BCUT2D eigenvalue weighted by Crippen LogP contribution is -2.50. The number of carbonyl (C=O) groups excluding carboxylic acids is 2. The number of amides is 2. The van der Waals surface area contributed by atoms with Crippen LogP contribution in [0.1, 0.15) is 38.3 Å². The zero-order valence-electron chi connectivity index (χ0n) is 18.9. The molecule has 0 aliphatic rings. The fourth-order valence-electron chi connectivity index (χ4n) is 3.22. The predicted molar refractivity (Wildman–Crippen MR) is 134 cm³/mol. The molecular formula is C24H30Cl2N2O3S. The van der Waals surface area contributed by atoms with Crippen molar-refractivity contribution in [3.63, 3.8) is 0 Å². The Morgan fingerprint density at radius 1 is 1.09 bits per heavy atom. The average Bonchev–Trinajstić information content (AvgIpc) is 2.75. The first-order valence-electron chi connectivity index (χ1n) is 10.5. The molecule has 174 valence electrons. The van der Waals surface area contributed by atoms with E-state index in [-0.39, 0.29) is 23.6 Å². The second kappa shape index (κ2) is 13.0. The highest BCUT2D eigenvalue weighted by molar-refractivity contribution is 7.99. The zero-order chi connectivity index (χ0) is 23.7. The lowest BCUT2D eigenvalue weighted by molar-refractivity contribution is -0.139. The first-order chi connectivity index (χ1) is 15.3. The number of carbonyl (C=O) groups is 2. The van der Waals surface area contributed by atoms with Crippen molar-refractivity contribution in [2.45, 2.75) is 51.6 Å². The Morgan fingerprint density at radius 2 is 1.72 bits per heavy atom. The summed E-state index contributed by atoms with van der Waals surface area (Å²) in [6, 6.07) is 12.3. The molecule has 1 atom stereocenters. The minimum absolute atomic E-state index is 0.00812. The quantitative estimate of drug-likeness (QED) is 0.441. The van der Waals surface area contributed by atoms with E-state index in [1.54, 1.807) is 30.2 Å². The first kappa shape index (κ1) is 26.4. The molecule has 0 saturated heterocycles. The van der Waals surface area contributed by atoms with Crippen LogP contribution in [0.4, 0.5) is 0 Å². The van der Waals surface area contributed by atoms with E-state index in [0.717, 1.165) is 16.9 Å². The van der Waals surface area contributed by atoms with E-state index in [9.17, 15) is 9.59 Å². The molecule has 0 fully saturated rings. The second-order valence-electron chi connectivity index (χ2n) is 7.65. The highest BCUT2D eigenvalue weighted by Gasteiger charge is 2.29. The molecular weight excluding hydrogens is 467 g/mol. The highest BCUT2D eigenvalue weighted by atomic mass is 35.5. The molecule has 2 aromatic carbocycles. The van der Waals surface area contributed by atoms with Gasteiger partial charge in [-0.1, -0.05) is 48.3 Å². The van der Waals surface area contributed by atoms with Gasteiger partial charge in [-0.15, -0.1) is 11.8 Å². The maximum absolute atomic E-state index is 13.3. The minimum Gasteiger partial charge on any atom is -0.497 e. The zero-order valence-corrected chi connectivity index (χ0v) is 21.2. The molecule has 2 rings (SSSR count). The number of hydrogen-bond acceptors (Lipinski definition) is 4. The molecule has 0 spiro atoms. The number of halogens is 2. The van der Waals surface area contributed by atoms with Crippen molar-refractivity contribution in [2.75, 3.05) is 12.9 Å². The van der Waals surface area contributed by atoms with Gasteiger partial charge in [-0.05, 0) is 55.7 Å². The fraction of sp³-hybridized carbons (Fsp3) is 0.417. The Balaban J connectivity index is 2.17. The van der Waals surface area contributed by atoms with Gasteiger partial charge in [0, 0.05) is 28.4 Å². The number of nitrogens with zero attached hydrogens (tertiary/aromatic N) is 1. The number of ether oxygens (including phenoxy) is 1. The van der Waals surface area contributed by atoms with Crippen LogP contribution in [0.25, 0.3) is 0 Å². The fourth-order valence-corrected chi connectivity index (χ4v) is 4.87. The van der Waals surface area contributed by atoms with Crippen molar-refractivity contribution in [3.05, 3.63) is 63.6 Å². The standard InChI is InChI=1S/C24H30Cl2N2O3S/c1-5-22(24(30)27-16(2)3)28(13-17-9-11-18(31-4)12-10-17)23(29)15-32-14-19-20(25)7-6-8-21(19)26/h6-12,16,22H,5,13-15H2,1-4H3,(H,27,30)/t22-/m1/s1. The molecule has 2 amide bonds. The third-order valence-corrected chi connectivity index (χ3v) is 6.51. The molecule has 32 heavy (non-hydrogen) atoms. The van der Waals surface area contributed by atoms with Gasteiger partial charge in [0.25, 0.3) is 0 Å². The van der Waals surface area contributed by atoms with E-state index in [1.165, 1.54) is 11.8 Å². The van der Waals surface area contributed by atoms with Gasteiger partial charge >= 0.3 is 0 Å². The smallest absolute Gasteiger partial charge is 0.243 e. The van der Waals surface area contributed by atoms with Crippen LogP contribution in [0.5, 0.6) is 5.75 Å². The van der Waals surface area contributed by atoms with Crippen molar-refractivity contribution in [1.29, 1.82) is 0 Å². The maximum atomic E-state index is 13.3. The topological polar surface area (TPSA) is 58.6 Å². The van der Waals surface area contributed by atoms with Gasteiger partial charge in [0.1, 0.15) is 11.8 Å². The average molecular weight is 497 g/mol. The van der Waals surface area contributed by atoms with Crippen LogP contribution in [-0.4, -0.2) is 41.7 Å². The van der Waals surface area contributed by atoms with Crippen LogP contribution in [0.2, 0.25) is 10.0 Å². The van der Waals surface area contributed by atoms with Crippen LogP contribution in [-0.2, 0) is 21.9 Å². The molecule has 2 aromatic rings. The van der Waals surface area contributed by atoms with Gasteiger partial charge < -0.3 is 15.0 Å². The van der Waals surface area contributed by atoms with Crippen LogP contribution in [0.15, 0.2) is 42.5 Å². The predicted octanol–water partition coefficient (Wildman–Crippen LogP) is 5.57. The maximum Gasteiger partial charge on any atom is 0.243 e. The second-order valence-corrected chi connectivity index (χ2v) is 9.45. The van der Waals surface area contributed by atoms with Crippen LogP contribution in [0.3, 0.4) is 0 Å². The summed E-state index contributed by atoms with van der Waals surface area (Å²) in [6.07, 6.45) is 0.515. The summed E-state index contributed by atoms with van der Waals surface area (Å²) < 4.78 is 5.22. The Morgan fingerprint density at radius 3 is 2.25 bits per heavy atom. The molecule has 1 N–H and O–H groups in total. The third-order valence-electron chi connectivity index (χ3n) is 4.86. The van der Waals surface area contributed by atoms with Crippen molar-refractivity contribution < 1.29 is 14.3 Å². The molecule has 0 aromatic heterocycles. The van der Waals surface area contributed by atoms with E-state index in [0.29, 0.717) is 28.8 Å². The van der Waals surface area contributed by atoms with Crippen LogP contribution < -0.4 is 10.1 Å². The lowest BCUT2D eigenvalue weighted by Gasteiger charge is -2.31. The summed E-state index contributed by atoms with van der Waals surface area (Å²) in [5, 5.41) is 4.09. The third kappa shape index (κ3) is 7.61. The Labute approximate surface area is 204 Å². The van der Waals surface area contributed by atoms with Crippen molar-refractivity contribution >= 4 is 46.8 Å². The molecule has 8 heteroatoms. The van der Waals surface area contributed by atoms with Gasteiger partial charge in [-0.25, -0.2) is 0 Å². The number of methoxy groups -OCH3 is 1. The van der Waals surface area contributed by atoms with Crippen molar-refractivity contribution in [2.24, 2.45) is 0 Å². The summed E-state index contributed by atoms with van der Waals surface area (Å²) in [5.74, 6) is 1.20. The van der Waals surface area contributed by atoms with Crippen molar-refractivity contribution in [3.8, 4) is 5.75 Å². The molecule has 0 aliphatic heterocycles. The Kier molecular flexibility index (Phi) is 10.7. The molecule has 0 unspecified atom stereocenters. The van der Waals surface area contributed by atoms with Gasteiger partial charge in [-0.2, -0.15) is 0 Å². The summed E-state index contributed by atoms with van der Waals surface area (Å²) in [6.45, 7) is 6.06. The van der Waals surface area contributed by atoms with E-state index in [1.807, 2.05) is 45.0 Å². The lowest BCUT2D eigenvalue weighted by atomic mass is 10.1. The van der Waals surface area contributed by atoms with Crippen LogP contribution in [0, 0.1) is 0 Å². The van der Waals surface area contributed by atoms with Gasteiger partial charge in [-0.3, -0.25) is 9.59 Å². The minimum atomic E-state index is -0.559. The Bertz CT molecular complexity index is 886. The number of thioether (sulfide) groups is 1. The number of rotatable bonds is 11. The van der Waals surface area contributed by atoms with E-state index >= 15 is 0 Å². The summed E-state index contributed by atoms with van der Waals surface area (Å²) >= 11 is 13.9. The summed E-state index contributed by atoms with van der Waals surface area (Å²) in [7, 11) is 1.61. The van der Waals surface area contributed by atoms with Crippen LogP contribution >= 0.6 is 35.0 Å². The van der Waals surface area contributed by atoms with Gasteiger partial charge in [0.2, 0.25) is 11.8 Å². The van der Waals surface area contributed by atoms with Crippen molar-refractivity contribution in [1.82, 2.24) is 10.2 Å². The van der Waals surface area contributed by atoms with Gasteiger partial charge in [0.05, 0.1) is 12.9 Å². The highest BCUT2D eigenvalue weighted by Crippen LogP contribution is 2.28. The molecule has 0 bridgehead atoms.